The van der Waals surface area contributed by atoms with E-state index in [4.69, 9.17) is 10.5 Å². The molecule has 0 aromatic carbocycles. The molecule has 2 N–H and O–H groups in total. The van der Waals surface area contributed by atoms with Crippen LogP contribution in [-0.4, -0.2) is 28.5 Å². The standard InChI is InChI=1S/C11H21N3O/c1-9(2)15-8-10(12)4-5-11-6-7-13-14(11)3/h6-7,9-10H,4-5,8,12H2,1-3H3. The van der Waals surface area contributed by atoms with Crippen molar-refractivity contribution in [2.24, 2.45) is 12.8 Å². The normalized spacial score (nSPS) is 13.4. The van der Waals surface area contributed by atoms with Crippen LogP contribution in [0.5, 0.6) is 0 Å². The van der Waals surface area contributed by atoms with E-state index < -0.39 is 0 Å². The second-order valence-electron chi connectivity index (χ2n) is 4.13. The van der Waals surface area contributed by atoms with Crippen LogP contribution in [0, 0.1) is 0 Å². The van der Waals surface area contributed by atoms with Gasteiger partial charge in [-0.1, -0.05) is 0 Å². The van der Waals surface area contributed by atoms with E-state index in [1.54, 1.807) is 0 Å². The summed E-state index contributed by atoms with van der Waals surface area (Å²) in [6.07, 6.45) is 3.96. The Bertz CT molecular complexity index is 283. The summed E-state index contributed by atoms with van der Waals surface area (Å²) in [5, 5.41) is 4.11. The van der Waals surface area contributed by atoms with Crippen molar-refractivity contribution >= 4 is 0 Å². The van der Waals surface area contributed by atoms with Gasteiger partial charge in [0.1, 0.15) is 0 Å². The van der Waals surface area contributed by atoms with E-state index in [0.717, 1.165) is 12.8 Å². The highest BCUT2D eigenvalue weighted by Gasteiger charge is 2.06. The van der Waals surface area contributed by atoms with Gasteiger partial charge in [0, 0.05) is 25.0 Å². The first-order chi connectivity index (χ1) is 7.09. The molecule has 1 heterocycles. The highest BCUT2D eigenvalue weighted by molar-refractivity contribution is 5.00. The summed E-state index contributed by atoms with van der Waals surface area (Å²) in [6.45, 7) is 4.68. The van der Waals surface area contributed by atoms with Gasteiger partial charge < -0.3 is 10.5 Å². The zero-order valence-corrected chi connectivity index (χ0v) is 9.81. The van der Waals surface area contributed by atoms with Crippen molar-refractivity contribution in [2.45, 2.75) is 38.8 Å². The third-order valence-corrected chi connectivity index (χ3v) is 2.34. The molecule has 1 aromatic rings. The van der Waals surface area contributed by atoms with Gasteiger partial charge in [-0.05, 0) is 32.8 Å². The Kier molecular flexibility index (Phi) is 4.78. The van der Waals surface area contributed by atoms with Crippen molar-refractivity contribution in [1.82, 2.24) is 9.78 Å². The van der Waals surface area contributed by atoms with Gasteiger partial charge in [-0.3, -0.25) is 4.68 Å². The van der Waals surface area contributed by atoms with Gasteiger partial charge in [-0.15, -0.1) is 0 Å². The maximum absolute atomic E-state index is 5.93. The molecule has 0 saturated heterocycles. The quantitative estimate of drug-likeness (QED) is 0.766. The lowest BCUT2D eigenvalue weighted by molar-refractivity contribution is 0.0669. The summed E-state index contributed by atoms with van der Waals surface area (Å²) in [5.74, 6) is 0. The van der Waals surface area contributed by atoms with E-state index in [2.05, 4.69) is 5.10 Å². The molecule has 4 nitrogen and oxygen atoms in total. The topological polar surface area (TPSA) is 53.1 Å². The van der Waals surface area contributed by atoms with Gasteiger partial charge >= 0.3 is 0 Å². The molecule has 0 saturated carbocycles. The molecule has 0 aliphatic heterocycles. The predicted octanol–water partition coefficient (Wildman–Crippen LogP) is 1.10. The zero-order valence-electron chi connectivity index (χ0n) is 9.81. The third-order valence-electron chi connectivity index (χ3n) is 2.34. The Morgan fingerprint density at radius 2 is 2.27 bits per heavy atom. The van der Waals surface area contributed by atoms with Crippen LogP contribution in [0.3, 0.4) is 0 Å². The van der Waals surface area contributed by atoms with Crippen molar-refractivity contribution < 1.29 is 4.74 Å². The van der Waals surface area contributed by atoms with Gasteiger partial charge in [-0.2, -0.15) is 5.10 Å². The molecule has 0 fully saturated rings. The SMILES string of the molecule is CC(C)OCC(N)CCc1ccnn1C. The fraction of sp³-hybridized carbons (Fsp3) is 0.727. The van der Waals surface area contributed by atoms with Gasteiger partial charge in [0.25, 0.3) is 0 Å². The van der Waals surface area contributed by atoms with E-state index in [-0.39, 0.29) is 12.1 Å². The molecule has 15 heavy (non-hydrogen) atoms. The third kappa shape index (κ3) is 4.44. The first kappa shape index (κ1) is 12.2. The average Bonchev–Trinajstić information content (AvgIpc) is 2.58. The molecule has 1 unspecified atom stereocenters. The largest absolute Gasteiger partial charge is 0.377 e. The number of hydrogen-bond donors (Lipinski definition) is 1. The fourth-order valence-corrected chi connectivity index (χ4v) is 1.38. The van der Waals surface area contributed by atoms with Crippen molar-refractivity contribution in [3.8, 4) is 0 Å². The van der Waals surface area contributed by atoms with E-state index in [9.17, 15) is 0 Å². The summed E-state index contributed by atoms with van der Waals surface area (Å²) < 4.78 is 7.34. The molecule has 1 rings (SSSR count). The molecule has 4 heteroatoms. The molecule has 0 aliphatic carbocycles. The lowest BCUT2D eigenvalue weighted by atomic mass is 10.1. The molecule has 0 spiro atoms. The van der Waals surface area contributed by atoms with Crippen LogP contribution < -0.4 is 5.73 Å². The highest BCUT2D eigenvalue weighted by Crippen LogP contribution is 2.03. The average molecular weight is 211 g/mol. The summed E-state index contributed by atoms with van der Waals surface area (Å²) in [6, 6.07) is 2.14. The number of nitrogens with two attached hydrogens (primary N) is 1. The second-order valence-corrected chi connectivity index (χ2v) is 4.13. The number of hydrogen-bond acceptors (Lipinski definition) is 3. The minimum absolute atomic E-state index is 0.113. The van der Waals surface area contributed by atoms with Crippen LogP contribution in [0.4, 0.5) is 0 Å². The van der Waals surface area contributed by atoms with Gasteiger partial charge in [0.15, 0.2) is 0 Å². The van der Waals surface area contributed by atoms with Crippen LogP contribution in [0.25, 0.3) is 0 Å². The van der Waals surface area contributed by atoms with Gasteiger partial charge in [0.2, 0.25) is 0 Å². The van der Waals surface area contributed by atoms with Crippen LogP contribution in [-0.2, 0) is 18.2 Å². The summed E-state index contributed by atoms with van der Waals surface area (Å²) in [7, 11) is 1.95. The Balaban J connectivity index is 2.22. The van der Waals surface area contributed by atoms with Gasteiger partial charge in [0.05, 0.1) is 12.7 Å². The zero-order chi connectivity index (χ0) is 11.3. The number of rotatable bonds is 6. The van der Waals surface area contributed by atoms with Crippen LogP contribution >= 0.6 is 0 Å². The Morgan fingerprint density at radius 1 is 1.53 bits per heavy atom. The van der Waals surface area contributed by atoms with Crippen molar-refractivity contribution in [1.29, 1.82) is 0 Å². The van der Waals surface area contributed by atoms with E-state index in [1.807, 2.05) is 37.8 Å². The van der Waals surface area contributed by atoms with Crippen LogP contribution in [0.15, 0.2) is 12.3 Å². The van der Waals surface area contributed by atoms with E-state index >= 15 is 0 Å². The van der Waals surface area contributed by atoms with E-state index in [1.165, 1.54) is 5.69 Å². The number of aryl methyl sites for hydroxylation is 2. The smallest absolute Gasteiger partial charge is 0.0621 e. The molecule has 1 aromatic heterocycles. The molecule has 1 atom stereocenters. The first-order valence-corrected chi connectivity index (χ1v) is 5.43. The number of aromatic nitrogens is 2. The van der Waals surface area contributed by atoms with Crippen molar-refractivity contribution in [3.63, 3.8) is 0 Å². The fourth-order valence-electron chi connectivity index (χ4n) is 1.38. The molecule has 0 aliphatic rings. The van der Waals surface area contributed by atoms with Crippen molar-refractivity contribution in [3.05, 3.63) is 18.0 Å². The summed E-state index contributed by atoms with van der Waals surface area (Å²) in [4.78, 5) is 0. The first-order valence-electron chi connectivity index (χ1n) is 5.43. The predicted molar refractivity (Wildman–Crippen MR) is 60.6 cm³/mol. The molecular formula is C11H21N3O. The Morgan fingerprint density at radius 3 is 2.80 bits per heavy atom. The maximum atomic E-state index is 5.93. The van der Waals surface area contributed by atoms with E-state index in [0.29, 0.717) is 6.61 Å². The minimum atomic E-state index is 0.113. The van der Waals surface area contributed by atoms with Gasteiger partial charge in [-0.25, -0.2) is 0 Å². The molecular weight excluding hydrogens is 190 g/mol. The molecule has 0 amide bonds. The summed E-state index contributed by atoms with van der Waals surface area (Å²) in [5.41, 5.74) is 7.15. The Hall–Kier alpha value is -0.870. The van der Waals surface area contributed by atoms with Crippen LogP contribution in [0.2, 0.25) is 0 Å². The summed E-state index contributed by atoms with van der Waals surface area (Å²) >= 11 is 0. The maximum Gasteiger partial charge on any atom is 0.0621 e. The molecule has 86 valence electrons. The van der Waals surface area contributed by atoms with Crippen LogP contribution in [0.1, 0.15) is 26.0 Å². The molecule has 0 radical (unpaired) electrons. The lowest BCUT2D eigenvalue weighted by Crippen LogP contribution is -2.28. The minimum Gasteiger partial charge on any atom is -0.377 e. The number of ether oxygens (including phenoxy) is 1. The highest BCUT2D eigenvalue weighted by atomic mass is 16.5. The second kappa shape index (κ2) is 5.88. The molecule has 0 bridgehead atoms. The number of nitrogens with zero attached hydrogens (tertiary/aromatic N) is 2. The lowest BCUT2D eigenvalue weighted by Gasteiger charge is -2.14. The van der Waals surface area contributed by atoms with Crippen molar-refractivity contribution in [2.75, 3.05) is 6.61 Å². The Labute approximate surface area is 91.4 Å². The monoisotopic (exact) mass is 211 g/mol.